The maximum atomic E-state index is 13.0. The van der Waals surface area contributed by atoms with Crippen molar-refractivity contribution in [3.63, 3.8) is 0 Å². The minimum Gasteiger partial charge on any atom is -0.337 e. The Bertz CT molecular complexity index is 730. The Morgan fingerprint density at radius 1 is 1.42 bits per heavy atom. The lowest BCUT2D eigenvalue weighted by Gasteiger charge is -2.30. The van der Waals surface area contributed by atoms with Crippen LogP contribution in [-0.4, -0.2) is 33.4 Å². The Morgan fingerprint density at radius 3 is 2.79 bits per heavy atom. The van der Waals surface area contributed by atoms with Gasteiger partial charge in [0.25, 0.3) is 0 Å². The molecule has 2 heterocycles. The first-order valence-corrected chi connectivity index (χ1v) is 8.42. The van der Waals surface area contributed by atoms with Crippen LogP contribution in [0.25, 0.3) is 11.4 Å². The smallest absolute Gasteiger partial charge is 0.249 e. The number of carbonyl (C=O) groups is 1. The summed E-state index contributed by atoms with van der Waals surface area (Å²) in [5.74, 6) is 0.714. The van der Waals surface area contributed by atoms with Gasteiger partial charge in [-0.15, -0.1) is 11.6 Å². The lowest BCUT2D eigenvalue weighted by atomic mass is 9.94. The Morgan fingerprint density at radius 2 is 2.12 bits per heavy atom. The predicted molar refractivity (Wildman–Crippen MR) is 87.9 cm³/mol. The van der Waals surface area contributed by atoms with Crippen LogP contribution >= 0.6 is 11.6 Å². The summed E-state index contributed by atoms with van der Waals surface area (Å²) in [6, 6.07) is 5.65. The van der Waals surface area contributed by atoms with Gasteiger partial charge >= 0.3 is 0 Å². The molecule has 1 fully saturated rings. The number of likely N-dealkylation sites (tertiary alicyclic amines) is 1. The second-order valence-electron chi connectivity index (χ2n) is 6.64. The van der Waals surface area contributed by atoms with Crippen molar-refractivity contribution in [3.05, 3.63) is 36.0 Å². The van der Waals surface area contributed by atoms with Crippen molar-refractivity contribution in [3.8, 4) is 11.4 Å². The average Bonchev–Trinajstić information content (AvgIpc) is 3.23. The van der Waals surface area contributed by atoms with Crippen LogP contribution in [0.15, 0.2) is 28.8 Å². The van der Waals surface area contributed by atoms with E-state index in [2.05, 4.69) is 10.1 Å². The van der Waals surface area contributed by atoms with Crippen LogP contribution in [0, 0.1) is 11.2 Å². The van der Waals surface area contributed by atoms with E-state index in [4.69, 9.17) is 16.1 Å². The lowest BCUT2D eigenvalue weighted by Crippen LogP contribution is -2.41. The molecule has 128 valence electrons. The molecule has 1 amide bonds. The van der Waals surface area contributed by atoms with E-state index in [9.17, 15) is 9.18 Å². The number of aromatic nitrogens is 2. The van der Waals surface area contributed by atoms with Crippen LogP contribution in [0.4, 0.5) is 4.39 Å². The summed E-state index contributed by atoms with van der Waals surface area (Å²) in [6.45, 7) is 4.31. The molecule has 0 saturated carbocycles. The molecule has 24 heavy (non-hydrogen) atoms. The zero-order chi connectivity index (χ0) is 17.3. The van der Waals surface area contributed by atoms with Crippen molar-refractivity contribution in [2.45, 2.75) is 32.7 Å². The van der Waals surface area contributed by atoms with Crippen LogP contribution < -0.4 is 0 Å². The monoisotopic (exact) mass is 351 g/mol. The van der Waals surface area contributed by atoms with Crippen LogP contribution in [0.2, 0.25) is 0 Å². The third-order valence-electron chi connectivity index (χ3n) is 4.26. The Labute approximate surface area is 144 Å². The van der Waals surface area contributed by atoms with Crippen LogP contribution in [0.5, 0.6) is 0 Å². The summed E-state index contributed by atoms with van der Waals surface area (Å²) in [5, 5.41) is 3.96. The van der Waals surface area contributed by atoms with Gasteiger partial charge in [-0.1, -0.05) is 5.16 Å². The predicted octanol–water partition coefficient (Wildman–Crippen LogP) is 3.80. The quantitative estimate of drug-likeness (QED) is 0.786. The molecule has 1 aromatic carbocycles. The summed E-state index contributed by atoms with van der Waals surface area (Å²) < 4.78 is 18.4. The molecular weight excluding hydrogens is 333 g/mol. The first kappa shape index (κ1) is 16.9. The third-order valence-corrected chi connectivity index (χ3v) is 4.92. The molecule has 1 aliphatic rings. The van der Waals surface area contributed by atoms with Gasteiger partial charge in [-0.2, -0.15) is 4.98 Å². The maximum Gasteiger partial charge on any atom is 0.249 e. The number of hydrogen-bond acceptors (Lipinski definition) is 4. The molecule has 0 spiro atoms. The van der Waals surface area contributed by atoms with Crippen molar-refractivity contribution in [2.75, 3.05) is 12.4 Å². The Kier molecular flexibility index (Phi) is 4.58. The Hall–Kier alpha value is -1.95. The molecule has 0 N–H and O–H groups in total. The number of rotatable bonds is 4. The molecule has 0 radical (unpaired) electrons. The van der Waals surface area contributed by atoms with E-state index in [0.29, 0.717) is 23.8 Å². The van der Waals surface area contributed by atoms with Crippen LogP contribution in [0.1, 0.15) is 38.6 Å². The molecule has 1 aliphatic heterocycles. The molecule has 1 unspecified atom stereocenters. The van der Waals surface area contributed by atoms with Gasteiger partial charge in [0, 0.05) is 18.0 Å². The van der Waals surface area contributed by atoms with Crippen molar-refractivity contribution in [1.29, 1.82) is 0 Å². The largest absolute Gasteiger partial charge is 0.337 e. The highest BCUT2D eigenvalue weighted by Crippen LogP contribution is 2.35. The number of benzene rings is 1. The van der Waals surface area contributed by atoms with E-state index in [0.717, 1.165) is 12.8 Å². The molecule has 1 atom stereocenters. The van der Waals surface area contributed by atoms with Crippen LogP contribution in [0.3, 0.4) is 0 Å². The Balaban J connectivity index is 1.83. The summed E-state index contributed by atoms with van der Waals surface area (Å²) >= 11 is 5.93. The van der Waals surface area contributed by atoms with Gasteiger partial charge in [0.1, 0.15) is 11.9 Å². The fraction of sp³-hybridized carbons (Fsp3) is 0.471. The van der Waals surface area contributed by atoms with Gasteiger partial charge in [0.2, 0.25) is 17.6 Å². The maximum absolute atomic E-state index is 13.0. The van der Waals surface area contributed by atoms with Crippen molar-refractivity contribution < 1.29 is 13.7 Å². The number of amides is 1. The van der Waals surface area contributed by atoms with E-state index in [1.54, 1.807) is 17.0 Å². The summed E-state index contributed by atoms with van der Waals surface area (Å²) in [7, 11) is 0. The average molecular weight is 352 g/mol. The van der Waals surface area contributed by atoms with E-state index >= 15 is 0 Å². The standard InChI is InChI=1S/C17H19ClFN3O2/c1-17(2,10-18)16(23)22-9-3-4-13(22)15-20-14(21-24-15)11-5-7-12(19)8-6-11/h5-8,13H,3-4,9-10H2,1-2H3. The van der Waals surface area contributed by atoms with E-state index in [-0.39, 0.29) is 23.6 Å². The van der Waals surface area contributed by atoms with Crippen molar-refractivity contribution >= 4 is 17.5 Å². The van der Waals surface area contributed by atoms with E-state index in [1.807, 2.05) is 13.8 Å². The molecule has 2 aromatic rings. The minimum atomic E-state index is -0.635. The highest BCUT2D eigenvalue weighted by Gasteiger charge is 2.40. The zero-order valence-electron chi connectivity index (χ0n) is 13.6. The van der Waals surface area contributed by atoms with Crippen molar-refractivity contribution in [1.82, 2.24) is 15.0 Å². The van der Waals surface area contributed by atoms with Gasteiger partial charge in [-0.25, -0.2) is 4.39 Å². The van der Waals surface area contributed by atoms with Gasteiger partial charge in [-0.3, -0.25) is 4.79 Å². The first-order valence-electron chi connectivity index (χ1n) is 7.89. The summed E-state index contributed by atoms with van der Waals surface area (Å²) in [5.41, 5.74) is 0.0348. The minimum absolute atomic E-state index is 0.0125. The number of hydrogen-bond donors (Lipinski definition) is 0. The molecule has 5 nitrogen and oxygen atoms in total. The topological polar surface area (TPSA) is 59.2 Å². The molecule has 1 aromatic heterocycles. The molecular formula is C17H19ClFN3O2. The number of nitrogens with zero attached hydrogens (tertiary/aromatic N) is 3. The highest BCUT2D eigenvalue weighted by atomic mass is 35.5. The molecule has 7 heteroatoms. The summed E-state index contributed by atoms with van der Waals surface area (Å²) in [6.07, 6.45) is 1.65. The normalized spacial score (nSPS) is 18.2. The SMILES string of the molecule is CC(C)(CCl)C(=O)N1CCCC1c1nc(-c2ccc(F)cc2)no1. The van der Waals surface area contributed by atoms with E-state index < -0.39 is 5.41 Å². The first-order chi connectivity index (χ1) is 11.4. The molecule has 0 aliphatic carbocycles. The van der Waals surface area contributed by atoms with E-state index in [1.165, 1.54) is 12.1 Å². The number of alkyl halides is 1. The second kappa shape index (κ2) is 6.51. The third kappa shape index (κ3) is 3.15. The highest BCUT2D eigenvalue weighted by molar-refractivity contribution is 6.19. The number of halogens is 2. The summed E-state index contributed by atoms with van der Waals surface area (Å²) in [4.78, 5) is 18.9. The number of carbonyl (C=O) groups excluding carboxylic acids is 1. The van der Waals surface area contributed by atoms with Gasteiger partial charge in [0.15, 0.2) is 0 Å². The van der Waals surface area contributed by atoms with Gasteiger partial charge in [-0.05, 0) is 51.0 Å². The fourth-order valence-corrected chi connectivity index (χ4v) is 2.91. The lowest BCUT2D eigenvalue weighted by molar-refractivity contribution is -0.140. The fourth-order valence-electron chi connectivity index (χ4n) is 2.80. The van der Waals surface area contributed by atoms with Crippen molar-refractivity contribution in [2.24, 2.45) is 5.41 Å². The van der Waals surface area contributed by atoms with Crippen LogP contribution in [-0.2, 0) is 4.79 Å². The van der Waals surface area contributed by atoms with Gasteiger partial charge in [0.05, 0.1) is 5.41 Å². The molecule has 1 saturated heterocycles. The molecule has 3 rings (SSSR count). The molecule has 0 bridgehead atoms. The van der Waals surface area contributed by atoms with Gasteiger partial charge < -0.3 is 9.42 Å². The zero-order valence-corrected chi connectivity index (χ0v) is 14.4. The second-order valence-corrected chi connectivity index (χ2v) is 6.90.